The highest BCUT2D eigenvalue weighted by atomic mass is 19.1. The summed E-state index contributed by atoms with van der Waals surface area (Å²) in [6.07, 6.45) is -0.0316. The molecule has 84 valence electrons. The van der Waals surface area contributed by atoms with Crippen LogP contribution in [0.5, 0.6) is 5.75 Å². The Labute approximate surface area is 93.2 Å². The van der Waals surface area contributed by atoms with E-state index in [9.17, 15) is 9.18 Å². The average molecular weight is 222 g/mol. The summed E-state index contributed by atoms with van der Waals surface area (Å²) < 4.78 is 22.5. The molecule has 0 aliphatic heterocycles. The third-order valence-electron chi connectivity index (χ3n) is 1.85. The summed E-state index contributed by atoms with van der Waals surface area (Å²) in [5.74, 6) is 4.41. The number of carbonyl (C=O) groups is 1. The van der Waals surface area contributed by atoms with Gasteiger partial charge in [0.05, 0.1) is 19.8 Å². The molecule has 0 aliphatic rings. The minimum absolute atomic E-state index is 0.0316. The first kappa shape index (κ1) is 12.1. The third-order valence-corrected chi connectivity index (χ3v) is 1.85. The van der Waals surface area contributed by atoms with Gasteiger partial charge in [0.2, 0.25) is 0 Å². The van der Waals surface area contributed by atoms with Crippen LogP contribution in [0.2, 0.25) is 0 Å². The van der Waals surface area contributed by atoms with Crippen LogP contribution in [0.4, 0.5) is 4.39 Å². The number of ether oxygens (including phenoxy) is 2. The topological polar surface area (TPSA) is 35.5 Å². The number of methoxy groups -OCH3 is 2. The molecule has 1 aromatic rings. The third kappa shape index (κ3) is 2.99. The van der Waals surface area contributed by atoms with Crippen LogP contribution >= 0.6 is 0 Å². The first-order valence-corrected chi connectivity index (χ1v) is 4.57. The predicted molar refractivity (Wildman–Crippen MR) is 56.5 cm³/mol. The Kier molecular flexibility index (Phi) is 4.34. The first-order chi connectivity index (χ1) is 7.69. The number of rotatable bonds is 2. The van der Waals surface area contributed by atoms with Crippen LogP contribution in [0.25, 0.3) is 0 Å². The van der Waals surface area contributed by atoms with Gasteiger partial charge in [0, 0.05) is 0 Å². The summed E-state index contributed by atoms with van der Waals surface area (Å²) in [7, 11) is 2.65. The number of halogens is 1. The van der Waals surface area contributed by atoms with Crippen LogP contribution in [0.1, 0.15) is 12.0 Å². The van der Waals surface area contributed by atoms with Gasteiger partial charge in [0.1, 0.15) is 6.42 Å². The second kappa shape index (κ2) is 5.76. The van der Waals surface area contributed by atoms with Crippen molar-refractivity contribution < 1.29 is 18.7 Å². The van der Waals surface area contributed by atoms with Gasteiger partial charge in [-0.15, -0.1) is 0 Å². The van der Waals surface area contributed by atoms with Crippen LogP contribution < -0.4 is 4.74 Å². The molecule has 0 radical (unpaired) electrons. The highest BCUT2D eigenvalue weighted by Crippen LogP contribution is 2.20. The lowest BCUT2D eigenvalue weighted by Crippen LogP contribution is -1.97. The molecule has 0 atom stereocenters. The van der Waals surface area contributed by atoms with Crippen molar-refractivity contribution in [1.82, 2.24) is 0 Å². The molecule has 16 heavy (non-hydrogen) atoms. The van der Waals surface area contributed by atoms with E-state index in [-0.39, 0.29) is 12.2 Å². The Morgan fingerprint density at radius 2 is 2.19 bits per heavy atom. The van der Waals surface area contributed by atoms with Crippen LogP contribution in [0, 0.1) is 17.7 Å². The van der Waals surface area contributed by atoms with E-state index in [1.54, 1.807) is 6.07 Å². The SMILES string of the molecule is COC(=O)CC#Cc1cccc(F)c1OC. The molecule has 0 saturated carbocycles. The van der Waals surface area contributed by atoms with Crippen molar-refractivity contribution in [2.75, 3.05) is 14.2 Å². The Morgan fingerprint density at radius 1 is 1.44 bits per heavy atom. The van der Waals surface area contributed by atoms with Crippen molar-refractivity contribution in [3.05, 3.63) is 29.6 Å². The first-order valence-electron chi connectivity index (χ1n) is 4.57. The van der Waals surface area contributed by atoms with Gasteiger partial charge in [-0.2, -0.15) is 0 Å². The molecule has 0 amide bonds. The summed E-state index contributed by atoms with van der Waals surface area (Å²) in [5.41, 5.74) is 0.409. The van der Waals surface area contributed by atoms with Gasteiger partial charge in [-0.3, -0.25) is 4.79 Å². The molecule has 0 unspecified atom stereocenters. The van der Waals surface area contributed by atoms with Crippen LogP contribution in [-0.2, 0) is 9.53 Å². The maximum atomic E-state index is 13.2. The van der Waals surface area contributed by atoms with Crippen molar-refractivity contribution >= 4 is 5.97 Å². The van der Waals surface area contributed by atoms with E-state index in [1.807, 2.05) is 0 Å². The fraction of sp³-hybridized carbons (Fsp3) is 0.250. The van der Waals surface area contributed by atoms with E-state index < -0.39 is 11.8 Å². The van der Waals surface area contributed by atoms with Gasteiger partial charge in [-0.1, -0.05) is 17.9 Å². The molecule has 1 aromatic carbocycles. The monoisotopic (exact) mass is 222 g/mol. The second-order valence-corrected chi connectivity index (χ2v) is 2.88. The molecule has 0 aliphatic carbocycles. The van der Waals surface area contributed by atoms with Crippen LogP contribution in [-0.4, -0.2) is 20.2 Å². The zero-order chi connectivity index (χ0) is 12.0. The standard InChI is InChI=1S/C12H11FO3/c1-15-11(14)8-4-6-9-5-3-7-10(13)12(9)16-2/h3,5,7H,8H2,1-2H3. The molecular weight excluding hydrogens is 211 g/mol. The molecule has 0 spiro atoms. The molecule has 0 bridgehead atoms. The number of hydrogen-bond donors (Lipinski definition) is 0. The highest BCUT2D eigenvalue weighted by Gasteiger charge is 2.05. The maximum Gasteiger partial charge on any atom is 0.317 e. The van der Waals surface area contributed by atoms with E-state index in [0.717, 1.165) is 0 Å². The zero-order valence-electron chi connectivity index (χ0n) is 9.04. The molecule has 0 aromatic heterocycles. The van der Waals surface area contributed by atoms with Gasteiger partial charge in [-0.05, 0) is 12.1 Å². The van der Waals surface area contributed by atoms with Gasteiger partial charge in [0.25, 0.3) is 0 Å². The molecule has 0 N–H and O–H groups in total. The summed E-state index contributed by atoms with van der Waals surface area (Å²) in [4.78, 5) is 10.8. The van der Waals surface area contributed by atoms with E-state index in [4.69, 9.17) is 4.74 Å². The van der Waals surface area contributed by atoms with Crippen molar-refractivity contribution in [2.45, 2.75) is 6.42 Å². The van der Waals surface area contributed by atoms with Gasteiger partial charge < -0.3 is 9.47 Å². The smallest absolute Gasteiger partial charge is 0.317 e. The molecule has 0 saturated heterocycles. The van der Waals surface area contributed by atoms with E-state index in [1.165, 1.54) is 26.4 Å². The Hall–Kier alpha value is -2.02. The summed E-state index contributed by atoms with van der Waals surface area (Å²) >= 11 is 0. The summed E-state index contributed by atoms with van der Waals surface area (Å²) in [5, 5.41) is 0. The minimum atomic E-state index is -0.479. The lowest BCUT2D eigenvalue weighted by molar-refractivity contribution is -0.139. The van der Waals surface area contributed by atoms with E-state index in [2.05, 4.69) is 16.6 Å². The number of benzene rings is 1. The van der Waals surface area contributed by atoms with E-state index >= 15 is 0 Å². The molecule has 4 heteroatoms. The summed E-state index contributed by atoms with van der Waals surface area (Å²) in [6, 6.07) is 4.43. The number of para-hydroxylation sites is 1. The van der Waals surface area contributed by atoms with Crippen molar-refractivity contribution in [2.24, 2.45) is 0 Å². The molecule has 3 nitrogen and oxygen atoms in total. The minimum Gasteiger partial charge on any atom is -0.492 e. The molecule has 1 rings (SSSR count). The van der Waals surface area contributed by atoms with Crippen LogP contribution in [0.15, 0.2) is 18.2 Å². The quantitative estimate of drug-likeness (QED) is 0.565. The Balaban J connectivity index is 2.88. The van der Waals surface area contributed by atoms with Crippen molar-refractivity contribution in [1.29, 1.82) is 0 Å². The summed E-state index contributed by atoms with van der Waals surface area (Å²) in [6.45, 7) is 0. The average Bonchev–Trinajstić information content (AvgIpc) is 2.29. The second-order valence-electron chi connectivity index (χ2n) is 2.88. The number of hydrogen-bond acceptors (Lipinski definition) is 3. The maximum absolute atomic E-state index is 13.2. The number of carbonyl (C=O) groups excluding carboxylic acids is 1. The largest absolute Gasteiger partial charge is 0.492 e. The fourth-order valence-electron chi connectivity index (χ4n) is 1.10. The molecule has 0 heterocycles. The highest BCUT2D eigenvalue weighted by molar-refractivity contribution is 5.72. The molecule has 0 fully saturated rings. The zero-order valence-corrected chi connectivity index (χ0v) is 9.04. The lowest BCUT2D eigenvalue weighted by atomic mass is 10.2. The fourth-order valence-corrected chi connectivity index (χ4v) is 1.10. The van der Waals surface area contributed by atoms with Gasteiger partial charge in [0.15, 0.2) is 11.6 Å². The van der Waals surface area contributed by atoms with Gasteiger partial charge in [-0.25, -0.2) is 4.39 Å². The predicted octanol–water partition coefficient (Wildman–Crippen LogP) is 1.75. The Bertz CT molecular complexity index is 443. The normalized spacial score (nSPS) is 8.94. The van der Waals surface area contributed by atoms with Crippen molar-refractivity contribution in [3.8, 4) is 17.6 Å². The lowest BCUT2D eigenvalue weighted by Gasteiger charge is -2.03. The van der Waals surface area contributed by atoms with Crippen molar-refractivity contribution in [3.63, 3.8) is 0 Å². The number of esters is 1. The van der Waals surface area contributed by atoms with Gasteiger partial charge >= 0.3 is 5.97 Å². The Morgan fingerprint density at radius 3 is 2.81 bits per heavy atom. The molecular formula is C12H11FO3. The van der Waals surface area contributed by atoms with Crippen LogP contribution in [0.3, 0.4) is 0 Å². The van der Waals surface area contributed by atoms with E-state index in [0.29, 0.717) is 5.56 Å².